The first-order valence-electron chi connectivity index (χ1n) is 7.96. The number of hydrogen-bond acceptors (Lipinski definition) is 3. The molecule has 3 N–H and O–H groups in total. The van der Waals surface area contributed by atoms with Gasteiger partial charge in [0.05, 0.1) is 0 Å². The van der Waals surface area contributed by atoms with Crippen LogP contribution in [-0.2, 0) is 17.9 Å². The molecule has 1 atom stereocenters. The van der Waals surface area contributed by atoms with Crippen molar-refractivity contribution in [2.24, 2.45) is 5.73 Å². The van der Waals surface area contributed by atoms with Crippen LogP contribution in [0.4, 0.5) is 0 Å². The molecule has 0 aromatic heterocycles. The maximum atomic E-state index is 11.7. The summed E-state index contributed by atoms with van der Waals surface area (Å²) in [6, 6.07) is 8.29. The Morgan fingerprint density at radius 2 is 1.90 bits per heavy atom. The van der Waals surface area contributed by atoms with E-state index in [-0.39, 0.29) is 11.9 Å². The van der Waals surface area contributed by atoms with Crippen molar-refractivity contribution in [3.8, 4) is 0 Å². The lowest BCUT2D eigenvalue weighted by Crippen LogP contribution is -2.31. The van der Waals surface area contributed by atoms with Gasteiger partial charge in [0.25, 0.3) is 0 Å². The Morgan fingerprint density at radius 3 is 2.57 bits per heavy atom. The zero-order valence-corrected chi connectivity index (χ0v) is 13.0. The van der Waals surface area contributed by atoms with Crippen LogP contribution >= 0.6 is 0 Å². The Bertz CT molecular complexity index is 453. The lowest BCUT2D eigenvalue weighted by Gasteiger charge is -2.27. The van der Waals surface area contributed by atoms with Gasteiger partial charge >= 0.3 is 0 Å². The first kappa shape index (κ1) is 16.0. The number of hydrogen-bond donors (Lipinski definition) is 2. The summed E-state index contributed by atoms with van der Waals surface area (Å²) in [4.78, 5) is 14.2. The summed E-state index contributed by atoms with van der Waals surface area (Å²) in [5.74, 6) is 0.0257. The van der Waals surface area contributed by atoms with Gasteiger partial charge in [-0.1, -0.05) is 30.7 Å². The predicted molar refractivity (Wildman–Crippen MR) is 85.7 cm³/mol. The van der Waals surface area contributed by atoms with Crippen LogP contribution in [0.25, 0.3) is 0 Å². The van der Waals surface area contributed by atoms with Crippen LogP contribution in [-0.4, -0.2) is 29.9 Å². The lowest BCUT2D eigenvalue weighted by atomic mass is 10.0. The minimum Gasteiger partial charge on any atom is -0.352 e. The number of benzene rings is 1. The molecule has 0 radical (unpaired) electrons. The molecule has 1 unspecified atom stereocenters. The summed E-state index contributed by atoms with van der Waals surface area (Å²) < 4.78 is 0. The summed E-state index contributed by atoms with van der Waals surface area (Å²) in [6.45, 7) is 5.80. The molecule has 4 heteroatoms. The van der Waals surface area contributed by atoms with Crippen molar-refractivity contribution in [3.63, 3.8) is 0 Å². The fraction of sp³-hybridized carbons (Fsp3) is 0.588. The molecule has 2 rings (SSSR count). The van der Waals surface area contributed by atoms with E-state index in [9.17, 15) is 4.79 Å². The van der Waals surface area contributed by atoms with Crippen molar-refractivity contribution in [1.29, 1.82) is 0 Å². The maximum absolute atomic E-state index is 11.7. The fourth-order valence-corrected chi connectivity index (χ4v) is 2.80. The van der Waals surface area contributed by atoms with Gasteiger partial charge in [-0.2, -0.15) is 0 Å². The first-order chi connectivity index (χ1) is 10.1. The van der Waals surface area contributed by atoms with Crippen LogP contribution in [0, 0.1) is 0 Å². The Labute approximate surface area is 127 Å². The van der Waals surface area contributed by atoms with E-state index in [4.69, 9.17) is 5.73 Å². The molecule has 1 heterocycles. The molecule has 0 bridgehead atoms. The Balaban J connectivity index is 1.91. The number of carbonyl (C=O) groups is 1. The molecule has 1 aromatic carbocycles. The SMILES string of the molecule is CC(N)CC(=O)NCc1ccccc1CN1CCCCC1. The number of carbonyl (C=O) groups excluding carboxylic acids is 1. The van der Waals surface area contributed by atoms with E-state index >= 15 is 0 Å². The standard InChI is InChI=1S/C17H27N3O/c1-14(18)11-17(21)19-12-15-7-3-4-8-16(15)13-20-9-5-2-6-10-20/h3-4,7-8,14H,2,5-6,9-13,18H2,1H3,(H,19,21). The highest BCUT2D eigenvalue weighted by atomic mass is 16.1. The van der Waals surface area contributed by atoms with Gasteiger partial charge in [0, 0.05) is 25.6 Å². The molecular weight excluding hydrogens is 262 g/mol. The smallest absolute Gasteiger partial charge is 0.221 e. The number of likely N-dealkylation sites (tertiary alicyclic amines) is 1. The van der Waals surface area contributed by atoms with Gasteiger partial charge in [0.2, 0.25) is 5.91 Å². The molecule has 116 valence electrons. The minimum absolute atomic E-state index is 0.0257. The quantitative estimate of drug-likeness (QED) is 0.842. The van der Waals surface area contributed by atoms with Crippen molar-refractivity contribution >= 4 is 5.91 Å². The maximum Gasteiger partial charge on any atom is 0.221 e. The zero-order chi connectivity index (χ0) is 15.1. The molecule has 1 saturated heterocycles. The molecule has 1 fully saturated rings. The second-order valence-electron chi connectivity index (χ2n) is 6.06. The highest BCUT2D eigenvalue weighted by molar-refractivity contribution is 5.76. The van der Waals surface area contributed by atoms with Gasteiger partial charge in [-0.15, -0.1) is 0 Å². The molecule has 0 saturated carbocycles. The average molecular weight is 289 g/mol. The van der Waals surface area contributed by atoms with Crippen molar-refractivity contribution in [2.45, 2.75) is 51.7 Å². The lowest BCUT2D eigenvalue weighted by molar-refractivity contribution is -0.121. The number of nitrogens with two attached hydrogens (primary N) is 1. The van der Waals surface area contributed by atoms with Gasteiger partial charge in [-0.05, 0) is 44.0 Å². The van der Waals surface area contributed by atoms with Gasteiger partial charge in [0.15, 0.2) is 0 Å². The second-order valence-corrected chi connectivity index (χ2v) is 6.06. The molecule has 1 aliphatic heterocycles. The number of rotatable bonds is 6. The third-order valence-corrected chi connectivity index (χ3v) is 3.94. The van der Waals surface area contributed by atoms with Crippen LogP contribution in [0.3, 0.4) is 0 Å². The fourth-order valence-electron chi connectivity index (χ4n) is 2.80. The summed E-state index contributed by atoms with van der Waals surface area (Å²) >= 11 is 0. The van der Waals surface area contributed by atoms with Crippen molar-refractivity contribution < 1.29 is 4.79 Å². The van der Waals surface area contributed by atoms with Gasteiger partial charge in [-0.3, -0.25) is 9.69 Å². The number of piperidine rings is 1. The van der Waals surface area contributed by atoms with Crippen LogP contribution in [0.2, 0.25) is 0 Å². The molecular formula is C17H27N3O. The largest absolute Gasteiger partial charge is 0.352 e. The molecule has 0 spiro atoms. The van der Waals surface area contributed by atoms with Crippen molar-refractivity contribution in [1.82, 2.24) is 10.2 Å². The Hall–Kier alpha value is -1.39. The van der Waals surface area contributed by atoms with E-state index in [1.54, 1.807) is 0 Å². The topological polar surface area (TPSA) is 58.4 Å². The normalized spacial score (nSPS) is 17.4. The van der Waals surface area contributed by atoms with Crippen molar-refractivity contribution in [2.75, 3.05) is 13.1 Å². The number of nitrogens with zero attached hydrogens (tertiary/aromatic N) is 1. The highest BCUT2D eigenvalue weighted by Crippen LogP contribution is 2.16. The van der Waals surface area contributed by atoms with Crippen LogP contribution < -0.4 is 11.1 Å². The third kappa shape index (κ3) is 5.48. The van der Waals surface area contributed by atoms with Crippen LogP contribution in [0.15, 0.2) is 24.3 Å². The van der Waals surface area contributed by atoms with Gasteiger partial charge < -0.3 is 11.1 Å². The Kier molecular flexibility index (Phi) is 6.21. The van der Waals surface area contributed by atoms with E-state index in [0.717, 1.165) is 6.54 Å². The average Bonchev–Trinajstić information content (AvgIpc) is 2.47. The molecule has 1 amide bonds. The van der Waals surface area contributed by atoms with E-state index in [0.29, 0.717) is 13.0 Å². The van der Waals surface area contributed by atoms with Crippen LogP contribution in [0.1, 0.15) is 43.7 Å². The number of nitrogens with one attached hydrogen (secondary N) is 1. The summed E-state index contributed by atoms with van der Waals surface area (Å²) in [6.07, 6.45) is 4.33. The zero-order valence-electron chi connectivity index (χ0n) is 13.0. The highest BCUT2D eigenvalue weighted by Gasteiger charge is 2.13. The molecule has 1 aromatic rings. The minimum atomic E-state index is -0.0893. The monoisotopic (exact) mass is 289 g/mol. The Morgan fingerprint density at radius 1 is 1.24 bits per heavy atom. The summed E-state index contributed by atoms with van der Waals surface area (Å²) in [5.41, 5.74) is 8.18. The van der Waals surface area contributed by atoms with Crippen LogP contribution in [0.5, 0.6) is 0 Å². The first-order valence-corrected chi connectivity index (χ1v) is 7.96. The predicted octanol–water partition coefficient (Wildman–Crippen LogP) is 2.03. The number of amides is 1. The molecule has 21 heavy (non-hydrogen) atoms. The summed E-state index contributed by atoms with van der Waals surface area (Å²) in [7, 11) is 0. The molecule has 0 aliphatic carbocycles. The van der Waals surface area contributed by atoms with Gasteiger partial charge in [0.1, 0.15) is 0 Å². The molecule has 4 nitrogen and oxygen atoms in total. The second kappa shape index (κ2) is 8.15. The third-order valence-electron chi connectivity index (χ3n) is 3.94. The molecule has 1 aliphatic rings. The van der Waals surface area contributed by atoms with E-state index < -0.39 is 0 Å². The van der Waals surface area contributed by atoms with E-state index in [1.807, 2.05) is 13.0 Å². The van der Waals surface area contributed by atoms with Gasteiger partial charge in [-0.25, -0.2) is 0 Å². The van der Waals surface area contributed by atoms with Crippen molar-refractivity contribution in [3.05, 3.63) is 35.4 Å². The van der Waals surface area contributed by atoms with E-state index in [1.165, 1.54) is 43.5 Å². The van der Waals surface area contributed by atoms with E-state index in [2.05, 4.69) is 28.4 Å². The summed E-state index contributed by atoms with van der Waals surface area (Å²) in [5, 5.41) is 2.97.